The van der Waals surface area contributed by atoms with Crippen LogP contribution in [0.25, 0.3) is 0 Å². The number of hydrogen-bond donors (Lipinski definition) is 1. The maximum absolute atomic E-state index is 13.7. The molecule has 0 aliphatic carbocycles. The minimum atomic E-state index is -0.520. The van der Waals surface area contributed by atoms with E-state index in [9.17, 15) is 9.18 Å². The van der Waals surface area contributed by atoms with E-state index in [1.165, 1.54) is 18.2 Å². The largest absolute Gasteiger partial charge is 0.322 e. The fourth-order valence-electron chi connectivity index (χ4n) is 3.08. The van der Waals surface area contributed by atoms with Crippen molar-refractivity contribution in [1.29, 1.82) is 5.26 Å². The van der Waals surface area contributed by atoms with Crippen molar-refractivity contribution in [1.82, 2.24) is 9.80 Å². The van der Waals surface area contributed by atoms with E-state index in [0.717, 1.165) is 6.42 Å². The molecule has 2 amide bonds. The van der Waals surface area contributed by atoms with Crippen molar-refractivity contribution in [2.75, 3.05) is 25.0 Å². The smallest absolute Gasteiger partial charge is 0.319 e. The quantitative estimate of drug-likeness (QED) is 0.811. The van der Waals surface area contributed by atoms with Gasteiger partial charge in [0.05, 0.1) is 11.7 Å². The number of halogens is 2. The molecule has 2 atom stereocenters. The number of benzene rings is 1. The summed E-state index contributed by atoms with van der Waals surface area (Å²) in [4.78, 5) is 15.7. The number of nitrogens with one attached hydrogen (secondary N) is 1. The Bertz CT molecular complexity index is 617. The predicted molar refractivity (Wildman–Crippen MR) is 76.2 cm³/mol. The van der Waals surface area contributed by atoms with Crippen LogP contribution in [0.2, 0.25) is 5.02 Å². The molecule has 1 aromatic rings. The van der Waals surface area contributed by atoms with Crippen LogP contribution in [-0.2, 0) is 0 Å². The average molecular weight is 309 g/mol. The van der Waals surface area contributed by atoms with Crippen molar-refractivity contribution >= 4 is 23.3 Å². The summed E-state index contributed by atoms with van der Waals surface area (Å²) in [5.74, 6) is -0.201. The molecule has 3 rings (SSSR count). The van der Waals surface area contributed by atoms with Crippen LogP contribution in [0.5, 0.6) is 0 Å². The highest BCUT2D eigenvalue weighted by Gasteiger charge is 2.43. The van der Waals surface area contributed by atoms with Gasteiger partial charge in [0.15, 0.2) is 6.19 Å². The Kier molecular flexibility index (Phi) is 3.60. The van der Waals surface area contributed by atoms with Crippen LogP contribution in [0.4, 0.5) is 14.9 Å². The molecule has 0 radical (unpaired) electrons. The van der Waals surface area contributed by atoms with Gasteiger partial charge in [-0.25, -0.2) is 9.18 Å². The number of rotatable bonds is 1. The van der Waals surface area contributed by atoms with Crippen LogP contribution < -0.4 is 5.32 Å². The van der Waals surface area contributed by atoms with E-state index >= 15 is 0 Å². The van der Waals surface area contributed by atoms with E-state index in [4.69, 9.17) is 16.9 Å². The molecule has 2 heterocycles. The second-order valence-electron chi connectivity index (χ2n) is 5.37. The summed E-state index contributed by atoms with van der Waals surface area (Å²) in [6.45, 7) is 1.87. The minimum absolute atomic E-state index is 0.0203. The first-order valence-electron chi connectivity index (χ1n) is 6.76. The zero-order chi connectivity index (χ0) is 15.0. The zero-order valence-corrected chi connectivity index (χ0v) is 12.0. The fourth-order valence-corrected chi connectivity index (χ4v) is 3.25. The molecule has 0 saturated carbocycles. The Morgan fingerprint density at radius 1 is 1.48 bits per heavy atom. The average Bonchev–Trinajstić information content (AvgIpc) is 3.02. The van der Waals surface area contributed by atoms with Gasteiger partial charge in [-0.2, -0.15) is 5.26 Å². The standard InChI is InChI=1S/C14H14ClFN4O/c15-10-1-2-11(16)12(5-10)18-14(21)20-4-3-9-6-19(8-17)7-13(9)20/h1-2,5,9,13H,3-4,6-7H2,(H,18,21). The van der Waals surface area contributed by atoms with Crippen LogP contribution in [0, 0.1) is 23.2 Å². The topological polar surface area (TPSA) is 59.4 Å². The van der Waals surface area contributed by atoms with Crippen LogP contribution in [0.15, 0.2) is 18.2 Å². The number of nitriles is 1. The number of carbonyl (C=O) groups is 1. The highest BCUT2D eigenvalue weighted by molar-refractivity contribution is 6.30. The van der Waals surface area contributed by atoms with E-state index in [1.54, 1.807) is 9.80 Å². The molecule has 2 aliphatic rings. The third-order valence-electron chi connectivity index (χ3n) is 4.12. The molecule has 7 heteroatoms. The van der Waals surface area contributed by atoms with Crippen molar-refractivity contribution in [3.63, 3.8) is 0 Å². The third-order valence-corrected chi connectivity index (χ3v) is 4.36. The molecule has 21 heavy (non-hydrogen) atoms. The van der Waals surface area contributed by atoms with Gasteiger partial charge in [0.25, 0.3) is 0 Å². The van der Waals surface area contributed by atoms with E-state index < -0.39 is 5.82 Å². The van der Waals surface area contributed by atoms with Crippen LogP contribution >= 0.6 is 11.6 Å². The molecule has 2 saturated heterocycles. The summed E-state index contributed by atoms with van der Waals surface area (Å²) in [7, 11) is 0. The van der Waals surface area contributed by atoms with Crippen molar-refractivity contribution in [2.24, 2.45) is 5.92 Å². The minimum Gasteiger partial charge on any atom is -0.319 e. The maximum atomic E-state index is 13.7. The van der Waals surface area contributed by atoms with E-state index in [-0.39, 0.29) is 17.8 Å². The highest BCUT2D eigenvalue weighted by atomic mass is 35.5. The number of urea groups is 1. The van der Waals surface area contributed by atoms with E-state index in [1.807, 2.05) is 0 Å². The first kappa shape index (κ1) is 14.0. The molecular formula is C14H14ClFN4O. The molecule has 2 aliphatic heterocycles. The molecule has 0 aromatic heterocycles. The van der Waals surface area contributed by atoms with Gasteiger partial charge in [0.1, 0.15) is 5.82 Å². The molecule has 110 valence electrons. The fraction of sp³-hybridized carbons (Fsp3) is 0.429. The molecule has 2 unspecified atom stereocenters. The van der Waals surface area contributed by atoms with Gasteiger partial charge >= 0.3 is 6.03 Å². The van der Waals surface area contributed by atoms with Gasteiger partial charge in [0.2, 0.25) is 0 Å². The summed E-state index contributed by atoms with van der Waals surface area (Å²) in [6, 6.07) is 3.71. The van der Waals surface area contributed by atoms with Gasteiger partial charge in [-0.05, 0) is 24.6 Å². The second-order valence-corrected chi connectivity index (χ2v) is 5.81. The van der Waals surface area contributed by atoms with Gasteiger partial charge in [0, 0.05) is 30.6 Å². The Balaban J connectivity index is 1.72. The Morgan fingerprint density at radius 3 is 3.05 bits per heavy atom. The summed E-state index contributed by atoms with van der Waals surface area (Å²) in [6.07, 6.45) is 2.99. The summed E-state index contributed by atoms with van der Waals surface area (Å²) in [5.41, 5.74) is 0.0751. The summed E-state index contributed by atoms with van der Waals surface area (Å²) in [5, 5.41) is 11.9. The lowest BCUT2D eigenvalue weighted by molar-refractivity contribution is 0.203. The third kappa shape index (κ3) is 2.61. The van der Waals surface area contributed by atoms with Gasteiger partial charge in [-0.1, -0.05) is 11.6 Å². The molecule has 5 nitrogen and oxygen atoms in total. The molecular weight excluding hydrogens is 295 g/mol. The Labute approximate surface area is 126 Å². The van der Waals surface area contributed by atoms with E-state index in [0.29, 0.717) is 30.6 Å². The van der Waals surface area contributed by atoms with Gasteiger partial charge in [-0.15, -0.1) is 0 Å². The number of amides is 2. The normalized spacial score (nSPS) is 23.9. The lowest BCUT2D eigenvalue weighted by Crippen LogP contribution is -2.41. The number of likely N-dealkylation sites (tertiary alicyclic amines) is 2. The number of fused-ring (bicyclic) bond motifs is 1. The van der Waals surface area contributed by atoms with E-state index in [2.05, 4.69) is 11.5 Å². The molecule has 1 aromatic carbocycles. The molecule has 0 spiro atoms. The monoisotopic (exact) mass is 308 g/mol. The lowest BCUT2D eigenvalue weighted by atomic mass is 10.1. The maximum Gasteiger partial charge on any atom is 0.322 e. The number of carbonyl (C=O) groups excluding carboxylic acids is 1. The number of hydrogen-bond acceptors (Lipinski definition) is 3. The Morgan fingerprint density at radius 2 is 2.29 bits per heavy atom. The zero-order valence-electron chi connectivity index (χ0n) is 11.2. The van der Waals surface area contributed by atoms with Crippen LogP contribution in [0.1, 0.15) is 6.42 Å². The lowest BCUT2D eigenvalue weighted by Gasteiger charge is -2.24. The van der Waals surface area contributed by atoms with Crippen molar-refractivity contribution in [2.45, 2.75) is 12.5 Å². The SMILES string of the molecule is N#CN1CC2CCN(C(=O)Nc3cc(Cl)ccc3F)C2C1. The molecule has 2 fully saturated rings. The summed E-state index contributed by atoms with van der Waals surface area (Å²) >= 11 is 5.81. The van der Waals surface area contributed by atoms with Crippen LogP contribution in [-0.4, -0.2) is 41.5 Å². The van der Waals surface area contributed by atoms with Gasteiger partial charge in [-0.3, -0.25) is 0 Å². The molecule has 0 bridgehead atoms. The number of nitrogens with zero attached hydrogens (tertiary/aromatic N) is 3. The van der Waals surface area contributed by atoms with Crippen LogP contribution in [0.3, 0.4) is 0 Å². The highest BCUT2D eigenvalue weighted by Crippen LogP contribution is 2.31. The number of anilines is 1. The van der Waals surface area contributed by atoms with Crippen molar-refractivity contribution in [3.05, 3.63) is 29.0 Å². The predicted octanol–water partition coefficient (Wildman–Crippen LogP) is 2.50. The first-order valence-corrected chi connectivity index (χ1v) is 7.13. The molecule has 1 N–H and O–H groups in total. The van der Waals surface area contributed by atoms with Crippen molar-refractivity contribution < 1.29 is 9.18 Å². The van der Waals surface area contributed by atoms with Crippen molar-refractivity contribution in [3.8, 4) is 6.19 Å². The summed E-state index contributed by atoms with van der Waals surface area (Å²) < 4.78 is 13.7. The van der Waals surface area contributed by atoms with Gasteiger partial charge < -0.3 is 15.1 Å². The Hall–Kier alpha value is -2.00. The first-order chi connectivity index (χ1) is 10.1. The second kappa shape index (κ2) is 5.41.